The maximum Gasteiger partial charge on any atom is 0.251 e. The summed E-state index contributed by atoms with van der Waals surface area (Å²) in [6.07, 6.45) is 0. The van der Waals surface area contributed by atoms with Crippen molar-refractivity contribution in [2.45, 2.75) is 33.2 Å². The van der Waals surface area contributed by atoms with Gasteiger partial charge in [-0.25, -0.2) is 0 Å². The van der Waals surface area contributed by atoms with Crippen molar-refractivity contribution in [2.75, 3.05) is 32.8 Å². The number of nitrogens with one attached hydrogen (secondary N) is 1. The highest BCUT2D eigenvalue weighted by molar-refractivity contribution is 5.94. The second-order valence-electron chi connectivity index (χ2n) is 5.94. The molecule has 1 amide bonds. The monoisotopic (exact) mass is 307 g/mol. The van der Waals surface area contributed by atoms with Crippen LogP contribution in [0.25, 0.3) is 0 Å². The lowest BCUT2D eigenvalue weighted by atomic mass is 10.1. The summed E-state index contributed by atoms with van der Waals surface area (Å²) in [5.74, 6) is 0.659. The summed E-state index contributed by atoms with van der Waals surface area (Å²) in [6, 6.07) is 7.20. The average Bonchev–Trinajstić information content (AvgIpc) is 2.52. The fourth-order valence-corrected chi connectivity index (χ4v) is 1.97. The number of ether oxygens (including phenoxy) is 1. The third-order valence-electron chi connectivity index (χ3n) is 3.65. The molecule has 22 heavy (non-hydrogen) atoms. The Morgan fingerprint density at radius 2 is 1.82 bits per heavy atom. The van der Waals surface area contributed by atoms with E-state index in [0.29, 0.717) is 18.7 Å². The Balaban J connectivity index is 2.51. The second-order valence-corrected chi connectivity index (χ2v) is 5.94. The van der Waals surface area contributed by atoms with Crippen LogP contribution in [0.3, 0.4) is 0 Å². The van der Waals surface area contributed by atoms with Crippen molar-refractivity contribution in [1.29, 1.82) is 0 Å². The van der Waals surface area contributed by atoms with E-state index in [1.54, 1.807) is 12.1 Å². The molecule has 5 heteroatoms. The Labute approximate surface area is 133 Å². The van der Waals surface area contributed by atoms with Gasteiger partial charge in [0.2, 0.25) is 0 Å². The van der Waals surface area contributed by atoms with E-state index in [9.17, 15) is 4.79 Å². The van der Waals surface area contributed by atoms with Crippen LogP contribution in [0.1, 0.15) is 38.1 Å². The van der Waals surface area contributed by atoms with Crippen LogP contribution in [-0.2, 0) is 0 Å². The lowest BCUT2D eigenvalue weighted by Gasteiger charge is -2.24. The van der Waals surface area contributed by atoms with Gasteiger partial charge in [-0.05, 0) is 51.2 Å². The lowest BCUT2D eigenvalue weighted by molar-refractivity contribution is 0.0915. The zero-order valence-corrected chi connectivity index (χ0v) is 14.2. The summed E-state index contributed by atoms with van der Waals surface area (Å²) in [4.78, 5) is 14.4. The van der Waals surface area contributed by atoms with Gasteiger partial charge in [-0.3, -0.25) is 4.79 Å². The zero-order valence-electron chi connectivity index (χ0n) is 14.2. The molecular weight excluding hydrogens is 278 g/mol. The molecule has 3 N–H and O–H groups in total. The molecule has 0 saturated carbocycles. The summed E-state index contributed by atoms with van der Waals surface area (Å²) < 4.78 is 5.70. The molecule has 0 unspecified atom stereocenters. The van der Waals surface area contributed by atoms with Crippen molar-refractivity contribution in [3.05, 3.63) is 29.8 Å². The molecule has 1 rings (SSSR count). The molecular formula is C17H29N3O2. The van der Waals surface area contributed by atoms with Gasteiger partial charge in [0.1, 0.15) is 12.4 Å². The standard InChI is InChI=1S/C17H29N3O2/c1-5-20(6-2)11-12-22-15-9-7-14(8-10-15)16(21)19-17(3,4)13-18/h7-10H,5-6,11-13,18H2,1-4H3,(H,19,21). The molecule has 0 aliphatic rings. The minimum Gasteiger partial charge on any atom is -0.492 e. The average molecular weight is 307 g/mol. The minimum atomic E-state index is -0.407. The largest absolute Gasteiger partial charge is 0.492 e. The molecule has 0 aliphatic carbocycles. The first-order valence-electron chi connectivity index (χ1n) is 7.89. The molecule has 5 nitrogen and oxygen atoms in total. The Hall–Kier alpha value is -1.59. The van der Waals surface area contributed by atoms with Crippen LogP contribution in [0.2, 0.25) is 0 Å². The molecule has 1 aromatic rings. The molecule has 0 spiro atoms. The molecule has 0 heterocycles. The number of carbonyl (C=O) groups is 1. The molecule has 0 radical (unpaired) electrons. The molecule has 0 atom stereocenters. The highest BCUT2D eigenvalue weighted by Gasteiger charge is 2.19. The summed E-state index contributed by atoms with van der Waals surface area (Å²) in [5, 5.41) is 2.90. The van der Waals surface area contributed by atoms with Crippen LogP contribution in [0, 0.1) is 0 Å². The van der Waals surface area contributed by atoms with Gasteiger partial charge in [0, 0.05) is 24.2 Å². The van der Waals surface area contributed by atoms with Gasteiger partial charge in [0.15, 0.2) is 0 Å². The van der Waals surface area contributed by atoms with Crippen LogP contribution >= 0.6 is 0 Å². The predicted molar refractivity (Wildman–Crippen MR) is 90.3 cm³/mol. The maximum atomic E-state index is 12.1. The van der Waals surface area contributed by atoms with Crippen LogP contribution in [0.5, 0.6) is 5.75 Å². The van der Waals surface area contributed by atoms with Crippen LogP contribution in [0.4, 0.5) is 0 Å². The Kier molecular flexibility index (Phi) is 7.35. The maximum absolute atomic E-state index is 12.1. The molecule has 124 valence electrons. The fourth-order valence-electron chi connectivity index (χ4n) is 1.97. The quantitative estimate of drug-likeness (QED) is 0.731. The van der Waals surface area contributed by atoms with Crippen molar-refractivity contribution in [3.63, 3.8) is 0 Å². The summed E-state index contributed by atoms with van der Waals surface area (Å²) in [7, 11) is 0. The molecule has 0 saturated heterocycles. The van der Waals surface area contributed by atoms with Crippen LogP contribution < -0.4 is 15.8 Å². The topological polar surface area (TPSA) is 67.6 Å². The van der Waals surface area contributed by atoms with Crippen LogP contribution in [0.15, 0.2) is 24.3 Å². The van der Waals surface area contributed by atoms with E-state index < -0.39 is 5.54 Å². The number of likely N-dealkylation sites (N-methyl/N-ethyl adjacent to an activating group) is 1. The highest BCUT2D eigenvalue weighted by atomic mass is 16.5. The van der Waals surface area contributed by atoms with E-state index in [4.69, 9.17) is 10.5 Å². The van der Waals surface area contributed by atoms with Gasteiger partial charge in [0.25, 0.3) is 5.91 Å². The highest BCUT2D eigenvalue weighted by Crippen LogP contribution is 2.13. The summed E-state index contributed by atoms with van der Waals surface area (Å²) in [6.45, 7) is 12.1. The van der Waals surface area contributed by atoms with E-state index in [2.05, 4.69) is 24.1 Å². The van der Waals surface area contributed by atoms with Crippen molar-refractivity contribution >= 4 is 5.91 Å². The summed E-state index contributed by atoms with van der Waals surface area (Å²) in [5.41, 5.74) is 5.82. The third kappa shape index (κ3) is 6.03. The molecule has 0 aromatic heterocycles. The molecule has 0 fully saturated rings. The molecule has 1 aromatic carbocycles. The number of nitrogens with two attached hydrogens (primary N) is 1. The van der Waals surface area contributed by atoms with Crippen molar-refractivity contribution in [1.82, 2.24) is 10.2 Å². The third-order valence-corrected chi connectivity index (χ3v) is 3.65. The number of rotatable bonds is 9. The number of carbonyl (C=O) groups excluding carboxylic acids is 1. The number of hydrogen-bond acceptors (Lipinski definition) is 4. The Morgan fingerprint density at radius 1 is 1.23 bits per heavy atom. The number of hydrogen-bond donors (Lipinski definition) is 2. The first-order valence-corrected chi connectivity index (χ1v) is 7.89. The minimum absolute atomic E-state index is 0.120. The second kappa shape index (κ2) is 8.76. The molecule has 0 bridgehead atoms. The summed E-state index contributed by atoms with van der Waals surface area (Å²) >= 11 is 0. The van der Waals surface area contributed by atoms with Gasteiger partial charge >= 0.3 is 0 Å². The van der Waals surface area contributed by atoms with E-state index >= 15 is 0 Å². The Bertz CT molecular complexity index is 453. The van der Waals surface area contributed by atoms with Crippen molar-refractivity contribution in [2.24, 2.45) is 5.73 Å². The van der Waals surface area contributed by atoms with E-state index in [1.807, 2.05) is 26.0 Å². The first kappa shape index (κ1) is 18.5. The lowest BCUT2D eigenvalue weighted by Crippen LogP contribution is -2.48. The smallest absolute Gasteiger partial charge is 0.251 e. The van der Waals surface area contributed by atoms with Crippen molar-refractivity contribution in [3.8, 4) is 5.75 Å². The van der Waals surface area contributed by atoms with Gasteiger partial charge in [-0.2, -0.15) is 0 Å². The fraction of sp³-hybridized carbons (Fsp3) is 0.588. The van der Waals surface area contributed by atoms with Gasteiger partial charge in [0.05, 0.1) is 0 Å². The number of nitrogens with zero attached hydrogens (tertiary/aromatic N) is 1. The first-order chi connectivity index (χ1) is 10.4. The Morgan fingerprint density at radius 3 is 2.32 bits per heavy atom. The number of amides is 1. The van der Waals surface area contributed by atoms with E-state index in [0.717, 1.165) is 25.4 Å². The van der Waals surface area contributed by atoms with Gasteiger partial charge < -0.3 is 20.7 Å². The van der Waals surface area contributed by atoms with E-state index in [1.165, 1.54) is 0 Å². The molecule has 0 aliphatic heterocycles. The van der Waals surface area contributed by atoms with Crippen molar-refractivity contribution < 1.29 is 9.53 Å². The van der Waals surface area contributed by atoms with E-state index in [-0.39, 0.29) is 5.91 Å². The zero-order chi connectivity index (χ0) is 16.6. The normalized spacial score (nSPS) is 11.5. The van der Waals surface area contributed by atoms with Crippen LogP contribution in [-0.4, -0.2) is 49.1 Å². The van der Waals surface area contributed by atoms with Gasteiger partial charge in [-0.1, -0.05) is 13.8 Å². The van der Waals surface area contributed by atoms with Gasteiger partial charge in [-0.15, -0.1) is 0 Å². The number of benzene rings is 1. The predicted octanol–water partition coefficient (Wildman–Crippen LogP) is 1.87. The SMILES string of the molecule is CCN(CC)CCOc1ccc(C(=O)NC(C)(C)CN)cc1.